The molecule has 0 bridgehead atoms. The molecule has 0 fully saturated rings. The van der Waals surface area contributed by atoms with E-state index in [4.69, 9.17) is 0 Å². The SMILES string of the molecule is CN(C)C(CNS(=O)(=O)c1ccccc1F)c1cccc(F)c1. The molecule has 4 nitrogen and oxygen atoms in total. The lowest BCUT2D eigenvalue weighted by molar-refractivity contribution is 0.298. The zero-order valence-electron chi connectivity index (χ0n) is 12.8. The number of rotatable bonds is 6. The average Bonchev–Trinajstić information content (AvgIpc) is 2.47. The number of hydrogen-bond donors (Lipinski definition) is 1. The molecule has 7 heteroatoms. The number of benzene rings is 2. The standard InChI is InChI=1S/C16H18F2N2O2S/c1-20(2)15(12-6-5-7-13(17)10-12)11-19-23(21,22)16-9-4-3-8-14(16)18/h3-10,15,19H,11H2,1-2H3. The number of sulfonamides is 1. The monoisotopic (exact) mass is 340 g/mol. The van der Waals surface area contributed by atoms with Crippen molar-refractivity contribution in [2.75, 3.05) is 20.6 Å². The molecule has 1 N–H and O–H groups in total. The number of likely N-dealkylation sites (N-methyl/N-ethyl adjacent to an activating group) is 1. The van der Waals surface area contributed by atoms with E-state index in [0.717, 1.165) is 6.07 Å². The van der Waals surface area contributed by atoms with Crippen LogP contribution in [0.1, 0.15) is 11.6 Å². The molecule has 0 aromatic heterocycles. The molecule has 2 aromatic carbocycles. The lowest BCUT2D eigenvalue weighted by Crippen LogP contribution is -2.34. The largest absolute Gasteiger partial charge is 0.301 e. The van der Waals surface area contributed by atoms with E-state index in [9.17, 15) is 17.2 Å². The van der Waals surface area contributed by atoms with Gasteiger partial charge in [0.25, 0.3) is 0 Å². The van der Waals surface area contributed by atoms with Gasteiger partial charge < -0.3 is 4.90 Å². The molecular weight excluding hydrogens is 322 g/mol. The van der Waals surface area contributed by atoms with E-state index in [2.05, 4.69) is 4.72 Å². The summed E-state index contributed by atoms with van der Waals surface area (Å²) in [6.07, 6.45) is 0. The van der Waals surface area contributed by atoms with Gasteiger partial charge in [-0.1, -0.05) is 24.3 Å². The molecule has 0 aliphatic carbocycles. The van der Waals surface area contributed by atoms with Gasteiger partial charge in [0.15, 0.2) is 0 Å². The Bertz CT molecular complexity index is 779. The third-order valence-corrected chi connectivity index (χ3v) is 4.91. The van der Waals surface area contributed by atoms with Gasteiger partial charge in [0.05, 0.1) is 0 Å². The van der Waals surface area contributed by atoms with Crippen molar-refractivity contribution in [3.8, 4) is 0 Å². The molecule has 0 saturated carbocycles. The van der Waals surface area contributed by atoms with Crippen LogP contribution in [0.4, 0.5) is 8.78 Å². The molecule has 1 atom stereocenters. The highest BCUT2D eigenvalue weighted by molar-refractivity contribution is 7.89. The minimum Gasteiger partial charge on any atom is -0.301 e. The first-order chi connectivity index (χ1) is 10.8. The summed E-state index contributed by atoms with van der Waals surface area (Å²) in [6, 6.07) is 10.7. The van der Waals surface area contributed by atoms with Gasteiger partial charge in [0, 0.05) is 12.6 Å². The minimum absolute atomic E-state index is 0.00682. The summed E-state index contributed by atoms with van der Waals surface area (Å²) in [4.78, 5) is 1.36. The summed E-state index contributed by atoms with van der Waals surface area (Å²) in [7, 11) is -0.469. The summed E-state index contributed by atoms with van der Waals surface area (Å²) < 4.78 is 53.9. The number of halogens is 2. The van der Waals surface area contributed by atoms with Gasteiger partial charge in [0.1, 0.15) is 16.5 Å². The zero-order chi connectivity index (χ0) is 17.0. The van der Waals surface area contributed by atoms with Crippen molar-refractivity contribution < 1.29 is 17.2 Å². The van der Waals surface area contributed by atoms with E-state index in [1.807, 2.05) is 0 Å². The fourth-order valence-corrected chi connectivity index (χ4v) is 3.36. The maximum Gasteiger partial charge on any atom is 0.243 e. The molecule has 0 saturated heterocycles. The van der Waals surface area contributed by atoms with E-state index in [0.29, 0.717) is 5.56 Å². The Morgan fingerprint density at radius 2 is 1.78 bits per heavy atom. The molecule has 0 radical (unpaired) electrons. The molecule has 124 valence electrons. The normalized spacial score (nSPS) is 13.3. The maximum atomic E-state index is 13.7. The third-order valence-electron chi connectivity index (χ3n) is 3.45. The fraction of sp³-hybridized carbons (Fsp3) is 0.250. The van der Waals surface area contributed by atoms with Gasteiger partial charge in [-0.2, -0.15) is 0 Å². The van der Waals surface area contributed by atoms with E-state index < -0.39 is 26.6 Å². The molecule has 0 amide bonds. The van der Waals surface area contributed by atoms with Crippen molar-refractivity contribution in [2.24, 2.45) is 0 Å². The summed E-state index contributed by atoms with van der Waals surface area (Å²) in [5.41, 5.74) is 0.631. The van der Waals surface area contributed by atoms with Gasteiger partial charge in [0.2, 0.25) is 10.0 Å². The quantitative estimate of drug-likeness (QED) is 0.879. The van der Waals surface area contributed by atoms with E-state index in [1.165, 1.54) is 30.3 Å². The van der Waals surface area contributed by atoms with Crippen molar-refractivity contribution in [2.45, 2.75) is 10.9 Å². The van der Waals surface area contributed by atoms with Crippen LogP contribution in [-0.2, 0) is 10.0 Å². The Hall–Kier alpha value is -1.83. The molecule has 2 aromatic rings. The number of hydrogen-bond acceptors (Lipinski definition) is 3. The first-order valence-electron chi connectivity index (χ1n) is 6.97. The second-order valence-corrected chi connectivity index (χ2v) is 7.05. The van der Waals surface area contributed by atoms with Crippen molar-refractivity contribution in [3.05, 3.63) is 65.7 Å². The summed E-state index contributed by atoms with van der Waals surface area (Å²) in [5, 5.41) is 0. The smallest absolute Gasteiger partial charge is 0.243 e. The van der Waals surface area contributed by atoms with Crippen molar-refractivity contribution in [1.82, 2.24) is 9.62 Å². The zero-order valence-corrected chi connectivity index (χ0v) is 13.6. The first kappa shape index (κ1) is 17.5. The highest BCUT2D eigenvalue weighted by atomic mass is 32.2. The predicted molar refractivity (Wildman–Crippen MR) is 84.4 cm³/mol. The molecule has 0 heterocycles. The third kappa shape index (κ3) is 4.34. The van der Waals surface area contributed by atoms with Crippen LogP contribution >= 0.6 is 0 Å². The van der Waals surface area contributed by atoms with Crippen LogP contribution in [0.5, 0.6) is 0 Å². The molecule has 0 spiro atoms. The van der Waals surface area contributed by atoms with Gasteiger partial charge >= 0.3 is 0 Å². The predicted octanol–water partition coefficient (Wildman–Crippen LogP) is 2.55. The Morgan fingerprint density at radius 3 is 2.39 bits per heavy atom. The van der Waals surface area contributed by atoms with Crippen LogP contribution in [0.15, 0.2) is 53.4 Å². The summed E-state index contributed by atoms with van der Waals surface area (Å²) in [6.45, 7) is -0.00682. The summed E-state index contributed by atoms with van der Waals surface area (Å²) >= 11 is 0. The Morgan fingerprint density at radius 1 is 1.09 bits per heavy atom. The number of nitrogens with zero attached hydrogens (tertiary/aromatic N) is 1. The van der Waals surface area contributed by atoms with Crippen molar-refractivity contribution >= 4 is 10.0 Å². The molecule has 1 unspecified atom stereocenters. The van der Waals surface area contributed by atoms with E-state index in [1.54, 1.807) is 31.1 Å². The molecule has 0 aliphatic rings. The molecule has 2 rings (SSSR count). The van der Waals surface area contributed by atoms with Crippen molar-refractivity contribution in [1.29, 1.82) is 0 Å². The van der Waals surface area contributed by atoms with Gasteiger partial charge in [-0.3, -0.25) is 0 Å². The Labute approximate surface area is 134 Å². The molecule has 0 aliphatic heterocycles. The lowest BCUT2D eigenvalue weighted by atomic mass is 10.1. The second kappa shape index (κ2) is 7.16. The fourth-order valence-electron chi connectivity index (χ4n) is 2.24. The molecule has 23 heavy (non-hydrogen) atoms. The van der Waals surface area contributed by atoms with Gasteiger partial charge in [-0.15, -0.1) is 0 Å². The first-order valence-corrected chi connectivity index (χ1v) is 8.45. The van der Waals surface area contributed by atoms with E-state index >= 15 is 0 Å². The molecular formula is C16H18F2N2O2S. The summed E-state index contributed by atoms with van der Waals surface area (Å²) in [5.74, 6) is -1.21. The van der Waals surface area contributed by atoms with Crippen LogP contribution in [0, 0.1) is 11.6 Å². The highest BCUT2D eigenvalue weighted by Gasteiger charge is 2.22. The second-order valence-electron chi connectivity index (χ2n) is 5.32. The van der Waals surface area contributed by atoms with Gasteiger partial charge in [-0.25, -0.2) is 21.9 Å². The maximum absolute atomic E-state index is 13.7. The van der Waals surface area contributed by atoms with Crippen LogP contribution in [0.25, 0.3) is 0 Å². The van der Waals surface area contributed by atoms with Crippen LogP contribution in [0.3, 0.4) is 0 Å². The number of nitrogens with one attached hydrogen (secondary N) is 1. The Kier molecular flexibility index (Phi) is 5.46. The average molecular weight is 340 g/mol. The van der Waals surface area contributed by atoms with E-state index in [-0.39, 0.29) is 12.6 Å². The highest BCUT2D eigenvalue weighted by Crippen LogP contribution is 2.20. The van der Waals surface area contributed by atoms with Crippen LogP contribution < -0.4 is 4.72 Å². The van der Waals surface area contributed by atoms with Crippen LogP contribution in [0.2, 0.25) is 0 Å². The topological polar surface area (TPSA) is 49.4 Å². The lowest BCUT2D eigenvalue weighted by Gasteiger charge is -2.25. The van der Waals surface area contributed by atoms with Crippen LogP contribution in [-0.4, -0.2) is 34.0 Å². The Balaban J connectivity index is 2.21. The van der Waals surface area contributed by atoms with Gasteiger partial charge in [-0.05, 0) is 43.9 Å². The minimum atomic E-state index is -3.98. The van der Waals surface area contributed by atoms with Crippen molar-refractivity contribution in [3.63, 3.8) is 0 Å².